The number of phenols is 1. The van der Waals surface area contributed by atoms with Gasteiger partial charge in [-0.2, -0.15) is 0 Å². The lowest BCUT2D eigenvalue weighted by atomic mass is 9.91. The van der Waals surface area contributed by atoms with Gasteiger partial charge in [0.2, 0.25) is 0 Å². The molecule has 0 aromatic heterocycles. The third kappa shape index (κ3) is 4.06. The van der Waals surface area contributed by atoms with E-state index in [1.807, 2.05) is 12.1 Å². The maximum Gasteiger partial charge on any atom is 0.129 e. The van der Waals surface area contributed by atoms with Crippen LogP contribution >= 0.6 is 0 Å². The predicted molar refractivity (Wildman–Crippen MR) is 104 cm³/mol. The number of hydrogen-bond donors (Lipinski definition) is 2. The lowest BCUT2D eigenvalue weighted by Crippen LogP contribution is -2.33. The summed E-state index contributed by atoms with van der Waals surface area (Å²) in [5.74, 6) is 0.320. The van der Waals surface area contributed by atoms with Crippen LogP contribution in [0.25, 0.3) is 0 Å². The number of hydrogen-bond acceptors (Lipinski definition) is 3. The lowest BCUT2D eigenvalue weighted by molar-refractivity contribution is 0.0345. The molecule has 0 amide bonds. The summed E-state index contributed by atoms with van der Waals surface area (Å²) < 4.78 is 27.1. The Hall–Kier alpha value is -1.98. The number of aliphatic hydroxyl groups is 1. The summed E-state index contributed by atoms with van der Waals surface area (Å²) in [6.45, 7) is 5.03. The van der Waals surface area contributed by atoms with Gasteiger partial charge in [-0.1, -0.05) is 25.1 Å². The molecule has 3 nitrogen and oxygen atoms in total. The summed E-state index contributed by atoms with van der Waals surface area (Å²) in [5.41, 5.74) is 0.697. The van der Waals surface area contributed by atoms with Crippen LogP contribution in [0, 0.1) is 23.5 Å². The van der Waals surface area contributed by atoms with Crippen LogP contribution in [0.4, 0.5) is 8.78 Å². The van der Waals surface area contributed by atoms with E-state index in [9.17, 15) is 19.0 Å². The average Bonchev–Trinajstić information content (AvgIpc) is 3.12. The van der Waals surface area contributed by atoms with Crippen molar-refractivity contribution in [3.63, 3.8) is 0 Å². The van der Waals surface area contributed by atoms with E-state index in [1.165, 1.54) is 17.7 Å². The number of halogens is 2. The van der Waals surface area contributed by atoms with E-state index in [0.29, 0.717) is 36.2 Å². The average molecular weight is 387 g/mol. The van der Waals surface area contributed by atoms with Gasteiger partial charge >= 0.3 is 0 Å². The van der Waals surface area contributed by atoms with Gasteiger partial charge in [0.25, 0.3) is 0 Å². The third-order valence-electron chi connectivity index (χ3n) is 6.47. The van der Waals surface area contributed by atoms with Gasteiger partial charge in [-0.3, -0.25) is 0 Å². The molecular weight excluding hydrogens is 360 g/mol. The SMILES string of the molecule is CC(CN1C[C@@H]2CC(O)(Cc3ccc(F)cc3F)C[C@@H]2C1)c1ccc(O)cc1. The van der Waals surface area contributed by atoms with Crippen molar-refractivity contribution in [3.8, 4) is 5.75 Å². The van der Waals surface area contributed by atoms with Crippen LogP contribution in [0.15, 0.2) is 42.5 Å². The Labute approximate surface area is 164 Å². The van der Waals surface area contributed by atoms with Crippen molar-refractivity contribution in [2.24, 2.45) is 11.8 Å². The predicted octanol–water partition coefficient (Wildman–Crippen LogP) is 4.09. The summed E-state index contributed by atoms with van der Waals surface area (Å²) in [6, 6.07) is 11.0. The molecule has 1 heterocycles. The van der Waals surface area contributed by atoms with E-state index >= 15 is 0 Å². The minimum Gasteiger partial charge on any atom is -0.508 e. The fourth-order valence-electron chi connectivity index (χ4n) is 5.17. The van der Waals surface area contributed by atoms with Crippen LogP contribution < -0.4 is 0 Å². The fraction of sp³-hybridized carbons (Fsp3) is 0.478. The highest BCUT2D eigenvalue weighted by atomic mass is 19.1. The second-order valence-electron chi connectivity index (χ2n) is 8.78. The highest BCUT2D eigenvalue weighted by Gasteiger charge is 2.48. The molecule has 5 heteroatoms. The fourth-order valence-corrected chi connectivity index (χ4v) is 5.17. The molecule has 1 aliphatic heterocycles. The molecule has 2 aliphatic rings. The van der Waals surface area contributed by atoms with Crippen molar-refractivity contribution in [1.29, 1.82) is 0 Å². The maximum absolute atomic E-state index is 14.0. The van der Waals surface area contributed by atoms with Crippen molar-refractivity contribution >= 4 is 0 Å². The van der Waals surface area contributed by atoms with Gasteiger partial charge in [0, 0.05) is 32.1 Å². The van der Waals surface area contributed by atoms with Crippen LogP contribution in [-0.2, 0) is 6.42 Å². The smallest absolute Gasteiger partial charge is 0.129 e. The zero-order valence-electron chi connectivity index (χ0n) is 16.1. The third-order valence-corrected chi connectivity index (χ3v) is 6.47. The minimum absolute atomic E-state index is 0.246. The first-order valence-electron chi connectivity index (χ1n) is 9.99. The molecule has 2 fully saturated rings. The van der Waals surface area contributed by atoms with Crippen molar-refractivity contribution < 1.29 is 19.0 Å². The maximum atomic E-state index is 14.0. The van der Waals surface area contributed by atoms with Gasteiger partial charge < -0.3 is 15.1 Å². The number of benzene rings is 2. The number of likely N-dealkylation sites (tertiary alicyclic amines) is 1. The van der Waals surface area contributed by atoms with E-state index < -0.39 is 17.2 Å². The Morgan fingerprint density at radius 2 is 1.71 bits per heavy atom. The first-order chi connectivity index (χ1) is 13.3. The Bertz CT molecular complexity index is 825. The van der Waals surface area contributed by atoms with Crippen LogP contribution in [0.1, 0.15) is 36.8 Å². The van der Waals surface area contributed by atoms with Gasteiger partial charge in [0.1, 0.15) is 17.4 Å². The molecule has 4 rings (SSSR count). The van der Waals surface area contributed by atoms with E-state index in [1.54, 1.807) is 12.1 Å². The lowest BCUT2D eigenvalue weighted by Gasteiger charge is -2.27. The summed E-state index contributed by atoms with van der Waals surface area (Å²) in [6.07, 6.45) is 1.58. The summed E-state index contributed by atoms with van der Waals surface area (Å²) in [5, 5.41) is 20.5. The van der Waals surface area contributed by atoms with Crippen molar-refractivity contribution in [2.45, 2.75) is 37.7 Å². The molecule has 2 unspecified atom stereocenters. The monoisotopic (exact) mass is 387 g/mol. The summed E-state index contributed by atoms with van der Waals surface area (Å²) >= 11 is 0. The molecule has 1 aliphatic carbocycles. The number of nitrogens with zero attached hydrogens (tertiary/aromatic N) is 1. The van der Waals surface area contributed by atoms with Gasteiger partial charge in [-0.25, -0.2) is 8.78 Å². The van der Waals surface area contributed by atoms with Crippen LogP contribution in [0.5, 0.6) is 5.75 Å². The number of phenolic OH excluding ortho intramolecular Hbond substituents is 1. The molecule has 1 saturated heterocycles. The first kappa shape index (κ1) is 19.3. The molecule has 2 aromatic rings. The molecule has 4 atom stereocenters. The zero-order chi connectivity index (χ0) is 19.9. The first-order valence-corrected chi connectivity index (χ1v) is 9.99. The van der Waals surface area contributed by atoms with Gasteiger partial charge in [0.05, 0.1) is 5.60 Å². The highest BCUT2D eigenvalue weighted by Crippen LogP contribution is 2.45. The molecular formula is C23H27F2NO2. The van der Waals surface area contributed by atoms with E-state index in [2.05, 4.69) is 11.8 Å². The van der Waals surface area contributed by atoms with Gasteiger partial charge in [-0.15, -0.1) is 0 Å². The number of rotatable bonds is 5. The minimum atomic E-state index is -0.900. The summed E-state index contributed by atoms with van der Waals surface area (Å²) in [4.78, 5) is 2.45. The zero-order valence-corrected chi connectivity index (χ0v) is 16.1. The Kier molecular flexibility index (Phi) is 5.15. The quantitative estimate of drug-likeness (QED) is 0.812. The molecule has 0 radical (unpaired) electrons. The molecule has 2 N–H and O–H groups in total. The Morgan fingerprint density at radius 3 is 2.32 bits per heavy atom. The van der Waals surface area contributed by atoms with Gasteiger partial charge in [-0.05, 0) is 59.9 Å². The normalized spacial score (nSPS) is 28.4. The Morgan fingerprint density at radius 1 is 1.07 bits per heavy atom. The van der Waals surface area contributed by atoms with E-state index in [-0.39, 0.29) is 12.2 Å². The van der Waals surface area contributed by atoms with E-state index in [0.717, 1.165) is 25.7 Å². The number of fused-ring (bicyclic) bond motifs is 1. The standard InChI is InChI=1S/C23H27F2NO2/c1-15(16-3-6-21(27)7-4-16)12-26-13-18-10-23(28,11-19(18)14-26)9-17-2-5-20(24)8-22(17)25/h2-8,15,18-19,27-28H,9-14H2,1H3/t15?,18-,19+,23?. The van der Waals surface area contributed by atoms with Crippen LogP contribution in [0.2, 0.25) is 0 Å². The van der Waals surface area contributed by atoms with Crippen molar-refractivity contribution in [1.82, 2.24) is 4.90 Å². The molecule has 150 valence electrons. The molecule has 0 spiro atoms. The molecule has 28 heavy (non-hydrogen) atoms. The largest absolute Gasteiger partial charge is 0.508 e. The highest BCUT2D eigenvalue weighted by molar-refractivity contribution is 5.28. The molecule has 1 saturated carbocycles. The summed E-state index contributed by atoms with van der Waals surface area (Å²) in [7, 11) is 0. The second kappa shape index (κ2) is 7.45. The topological polar surface area (TPSA) is 43.7 Å². The number of aromatic hydroxyl groups is 1. The van der Waals surface area contributed by atoms with E-state index in [4.69, 9.17) is 0 Å². The Balaban J connectivity index is 1.34. The van der Waals surface area contributed by atoms with Gasteiger partial charge in [0.15, 0.2) is 0 Å². The second-order valence-corrected chi connectivity index (χ2v) is 8.78. The molecule has 2 aromatic carbocycles. The molecule has 0 bridgehead atoms. The van der Waals surface area contributed by atoms with Crippen LogP contribution in [0.3, 0.4) is 0 Å². The van der Waals surface area contributed by atoms with Crippen molar-refractivity contribution in [2.75, 3.05) is 19.6 Å². The van der Waals surface area contributed by atoms with Crippen molar-refractivity contribution in [3.05, 3.63) is 65.2 Å². The van der Waals surface area contributed by atoms with Crippen LogP contribution in [-0.4, -0.2) is 40.3 Å².